The van der Waals surface area contributed by atoms with Crippen LogP contribution in [0, 0.1) is 6.92 Å². The molecule has 3 N–H and O–H groups in total. The Morgan fingerprint density at radius 2 is 2.31 bits per heavy atom. The van der Waals surface area contributed by atoms with Gasteiger partial charge in [-0.2, -0.15) is 5.10 Å². The number of rotatable bonds is 1. The molecular formula is C9H15N3O. The van der Waals surface area contributed by atoms with Crippen LogP contribution >= 0.6 is 0 Å². The van der Waals surface area contributed by atoms with E-state index in [2.05, 4.69) is 5.10 Å². The lowest BCUT2D eigenvalue weighted by atomic mass is 9.73. The van der Waals surface area contributed by atoms with E-state index >= 15 is 0 Å². The first-order chi connectivity index (χ1) is 6.01. The van der Waals surface area contributed by atoms with Crippen LogP contribution in [0.25, 0.3) is 0 Å². The summed E-state index contributed by atoms with van der Waals surface area (Å²) >= 11 is 0. The van der Waals surface area contributed by atoms with Crippen molar-refractivity contribution in [3.05, 3.63) is 17.5 Å². The highest BCUT2D eigenvalue weighted by Crippen LogP contribution is 2.38. The third kappa shape index (κ3) is 1.26. The number of aromatic nitrogens is 2. The normalized spacial score (nSPS) is 33.1. The third-order valence-corrected chi connectivity index (χ3v) is 2.71. The van der Waals surface area contributed by atoms with Crippen LogP contribution in [0.2, 0.25) is 0 Å². The van der Waals surface area contributed by atoms with Gasteiger partial charge in [-0.25, -0.2) is 0 Å². The summed E-state index contributed by atoms with van der Waals surface area (Å²) in [7, 11) is 1.89. The monoisotopic (exact) mass is 181 g/mol. The number of aliphatic hydroxyl groups excluding tert-OH is 1. The van der Waals surface area contributed by atoms with Crippen molar-refractivity contribution in [3.63, 3.8) is 0 Å². The van der Waals surface area contributed by atoms with Gasteiger partial charge in [0.05, 0.1) is 23.0 Å². The molecule has 0 atom stereocenters. The van der Waals surface area contributed by atoms with Gasteiger partial charge in [-0.3, -0.25) is 4.68 Å². The summed E-state index contributed by atoms with van der Waals surface area (Å²) in [4.78, 5) is 0. The van der Waals surface area contributed by atoms with Crippen molar-refractivity contribution in [2.24, 2.45) is 12.8 Å². The van der Waals surface area contributed by atoms with Crippen LogP contribution in [0.1, 0.15) is 24.2 Å². The predicted octanol–water partition coefficient (Wildman–Crippen LogP) is 0.0372. The Kier molecular flexibility index (Phi) is 1.72. The fourth-order valence-electron chi connectivity index (χ4n) is 2.07. The van der Waals surface area contributed by atoms with E-state index < -0.39 is 0 Å². The molecule has 72 valence electrons. The molecular weight excluding hydrogens is 166 g/mol. The fraction of sp³-hybridized carbons (Fsp3) is 0.667. The van der Waals surface area contributed by atoms with Gasteiger partial charge in [0.15, 0.2) is 0 Å². The second-order valence-corrected chi connectivity index (χ2v) is 4.01. The molecule has 2 rings (SSSR count). The average molecular weight is 181 g/mol. The molecule has 0 unspecified atom stereocenters. The molecule has 1 aliphatic rings. The van der Waals surface area contributed by atoms with Gasteiger partial charge in [0.1, 0.15) is 0 Å². The largest absolute Gasteiger partial charge is 0.393 e. The van der Waals surface area contributed by atoms with E-state index in [4.69, 9.17) is 5.73 Å². The highest BCUT2D eigenvalue weighted by molar-refractivity contribution is 5.22. The maximum absolute atomic E-state index is 9.23. The Morgan fingerprint density at radius 3 is 2.69 bits per heavy atom. The molecule has 0 radical (unpaired) electrons. The van der Waals surface area contributed by atoms with Crippen molar-refractivity contribution in [1.82, 2.24) is 9.78 Å². The lowest BCUT2D eigenvalue weighted by Crippen LogP contribution is -2.52. The summed E-state index contributed by atoms with van der Waals surface area (Å²) in [5, 5.41) is 13.5. The number of aliphatic hydroxyl groups is 1. The quantitative estimate of drug-likeness (QED) is 0.643. The Morgan fingerprint density at radius 1 is 1.69 bits per heavy atom. The summed E-state index contributed by atoms with van der Waals surface area (Å²) in [6, 6.07) is 1.99. The molecule has 4 heteroatoms. The lowest BCUT2D eigenvalue weighted by Gasteiger charge is -2.42. The lowest BCUT2D eigenvalue weighted by molar-refractivity contribution is 0.0170. The Labute approximate surface area is 77.4 Å². The van der Waals surface area contributed by atoms with Gasteiger partial charge in [0.25, 0.3) is 0 Å². The molecule has 0 saturated heterocycles. The van der Waals surface area contributed by atoms with E-state index in [9.17, 15) is 5.11 Å². The molecule has 0 aliphatic heterocycles. The van der Waals surface area contributed by atoms with Crippen LogP contribution in [0.4, 0.5) is 0 Å². The molecule has 1 heterocycles. The van der Waals surface area contributed by atoms with Crippen molar-refractivity contribution >= 4 is 0 Å². The van der Waals surface area contributed by atoms with Crippen LogP contribution in [0.15, 0.2) is 6.07 Å². The van der Waals surface area contributed by atoms with E-state index in [-0.39, 0.29) is 11.6 Å². The molecule has 13 heavy (non-hydrogen) atoms. The molecule has 0 aromatic carbocycles. The summed E-state index contributed by atoms with van der Waals surface area (Å²) in [5.74, 6) is 0. The number of nitrogens with two attached hydrogens (primary N) is 1. The smallest absolute Gasteiger partial charge is 0.0630 e. The topological polar surface area (TPSA) is 64.1 Å². The molecule has 1 saturated carbocycles. The molecule has 1 aromatic rings. The van der Waals surface area contributed by atoms with Crippen molar-refractivity contribution in [3.8, 4) is 0 Å². The van der Waals surface area contributed by atoms with Crippen molar-refractivity contribution < 1.29 is 5.11 Å². The van der Waals surface area contributed by atoms with Crippen molar-refractivity contribution in [2.45, 2.75) is 31.4 Å². The molecule has 1 aliphatic carbocycles. The van der Waals surface area contributed by atoms with Crippen LogP contribution in [-0.2, 0) is 12.6 Å². The zero-order chi connectivity index (χ0) is 9.64. The molecule has 0 amide bonds. The maximum atomic E-state index is 9.23. The molecule has 0 spiro atoms. The van der Waals surface area contributed by atoms with E-state index in [1.165, 1.54) is 0 Å². The first-order valence-corrected chi connectivity index (χ1v) is 4.49. The first-order valence-electron chi connectivity index (χ1n) is 4.49. The third-order valence-electron chi connectivity index (χ3n) is 2.71. The maximum Gasteiger partial charge on any atom is 0.0630 e. The summed E-state index contributed by atoms with van der Waals surface area (Å²) in [5.41, 5.74) is 7.76. The van der Waals surface area contributed by atoms with Crippen LogP contribution < -0.4 is 5.73 Å². The number of hydrogen-bond acceptors (Lipinski definition) is 3. The van der Waals surface area contributed by atoms with E-state index in [0.29, 0.717) is 12.8 Å². The SMILES string of the molecule is Cc1cc(C2(N)CC(O)C2)n(C)n1. The van der Waals surface area contributed by atoms with Crippen LogP contribution in [0.5, 0.6) is 0 Å². The molecule has 1 aromatic heterocycles. The van der Waals surface area contributed by atoms with E-state index in [1.807, 2.05) is 20.0 Å². The van der Waals surface area contributed by atoms with Crippen molar-refractivity contribution in [2.75, 3.05) is 0 Å². The van der Waals surface area contributed by atoms with Crippen LogP contribution in [-0.4, -0.2) is 21.0 Å². The summed E-state index contributed by atoms with van der Waals surface area (Å²) in [6.45, 7) is 1.95. The van der Waals surface area contributed by atoms with Gasteiger partial charge >= 0.3 is 0 Å². The summed E-state index contributed by atoms with van der Waals surface area (Å²) in [6.07, 6.45) is 1.05. The van der Waals surface area contributed by atoms with Gasteiger partial charge in [-0.05, 0) is 25.8 Å². The second-order valence-electron chi connectivity index (χ2n) is 4.01. The van der Waals surface area contributed by atoms with Crippen molar-refractivity contribution in [1.29, 1.82) is 0 Å². The molecule has 0 bridgehead atoms. The highest BCUT2D eigenvalue weighted by Gasteiger charge is 2.43. The summed E-state index contributed by atoms with van der Waals surface area (Å²) < 4.78 is 1.81. The zero-order valence-corrected chi connectivity index (χ0v) is 7.99. The Bertz CT molecular complexity index is 326. The van der Waals surface area contributed by atoms with E-state index in [0.717, 1.165) is 11.4 Å². The second kappa shape index (κ2) is 2.56. The first kappa shape index (κ1) is 8.72. The zero-order valence-electron chi connectivity index (χ0n) is 7.99. The standard InChI is InChI=1S/C9H15N3O/c1-6-3-8(12(2)11-6)9(10)4-7(13)5-9/h3,7,13H,4-5,10H2,1-2H3. The van der Waals surface area contributed by atoms with Crippen LogP contribution in [0.3, 0.4) is 0 Å². The Balaban J connectivity index is 2.30. The molecule has 4 nitrogen and oxygen atoms in total. The fourth-order valence-corrected chi connectivity index (χ4v) is 2.07. The predicted molar refractivity (Wildman–Crippen MR) is 49.1 cm³/mol. The minimum atomic E-state index is -0.352. The number of aryl methyl sites for hydroxylation is 2. The van der Waals surface area contributed by atoms with Gasteiger partial charge in [0, 0.05) is 7.05 Å². The van der Waals surface area contributed by atoms with Gasteiger partial charge in [0.2, 0.25) is 0 Å². The Hall–Kier alpha value is -0.870. The number of nitrogens with zero attached hydrogens (tertiary/aromatic N) is 2. The minimum Gasteiger partial charge on any atom is -0.393 e. The highest BCUT2D eigenvalue weighted by atomic mass is 16.3. The van der Waals surface area contributed by atoms with Gasteiger partial charge in [-0.1, -0.05) is 0 Å². The minimum absolute atomic E-state index is 0.236. The van der Waals surface area contributed by atoms with Gasteiger partial charge < -0.3 is 10.8 Å². The average Bonchev–Trinajstić information content (AvgIpc) is 2.27. The van der Waals surface area contributed by atoms with E-state index in [1.54, 1.807) is 4.68 Å². The van der Waals surface area contributed by atoms with Gasteiger partial charge in [-0.15, -0.1) is 0 Å². The number of hydrogen-bond donors (Lipinski definition) is 2. The molecule has 1 fully saturated rings.